The molecule has 141 heavy (non-hydrogen) atoms. The Hall–Kier alpha value is -6.56. The summed E-state index contributed by atoms with van der Waals surface area (Å²) in [5, 5.41) is 22.7. The average Bonchev–Trinajstić information content (AvgIpc) is 1.37. The van der Waals surface area contributed by atoms with Gasteiger partial charge in [-0.25, -0.2) is 38.4 Å². The highest BCUT2D eigenvalue weighted by molar-refractivity contribution is 5.69. The third-order valence-corrected chi connectivity index (χ3v) is 27.7. The minimum absolute atomic E-state index is 0.0134. The standard InChI is InChI=1S/C54H104N10O12.C45H84N8O12/c1-39(61-31-43(61)5)13-17-55-51(65)73-35-47(9)69-27-23-59(24-28-70-48(10)36-74-52(66)56-18-14-40(2)62-32-44(62)6)21-22-60(25-29-71-49(11)37-75-53(67)57-19-15-41(3)63-33-45(63)7)26-30-72-50(12)38-76-54(68)58-20-16-42(4)64-34-46(64)8;1-33(50-25-37(50)5)9-13-46-41(54)62-21-17-58-29-45(30-59-18-22-63-42(55)47-14-10-34(2)51-26-38(51)6,31-60-19-23-64-43(56)48-15-11-35(3)52-27-39(52)7)32-61-20-24-65-44(57)49-16-12-36(4)53-28-40(53)8/h39-50H,13-38H2,1-12H3,(H,55,65)(H,56,66)(H,57,67)(H,58,68);33-40H,9-32H2,1-8H3,(H,46,54)(H,47,55)(H,48,56)(H,49,57). The molecule has 8 amide bonds. The number of carbonyl (C=O) groups is 8. The fourth-order valence-electron chi connectivity index (χ4n) is 17.4. The van der Waals surface area contributed by atoms with Crippen LogP contribution in [-0.2, 0) is 75.8 Å². The third kappa shape index (κ3) is 54.1. The van der Waals surface area contributed by atoms with Gasteiger partial charge in [-0.05, 0) is 190 Å². The Morgan fingerprint density at radius 3 is 0.532 bits per heavy atom. The quantitative estimate of drug-likeness (QED) is 0.0174. The summed E-state index contributed by atoms with van der Waals surface area (Å²) in [6.07, 6.45) is 1.60. The molecule has 8 aliphatic heterocycles. The SMILES string of the molecule is CC(CCNC(=O)OCCOCC(COCCOC(=O)NCCC(C)N1CC1C)(COCCOC(=O)NCCC(C)N1CC1C)COCCOC(=O)NCCC(C)N1CC1C)N1CC1C.CC(COC(=O)NCCC(C)N1CC1C)OCCN(CCOC(C)COC(=O)NCCC(C)N1CC1C)CCN(CCOC(C)COC(=O)NCCC(C)N1CC1C)CCOC(C)COC(=O)NCCC(C)N1CC1C. The molecular weight excluding hydrogens is 1830 g/mol. The molecule has 8 saturated heterocycles. The van der Waals surface area contributed by atoms with Crippen molar-refractivity contribution in [3.05, 3.63) is 0 Å². The van der Waals surface area contributed by atoms with Crippen molar-refractivity contribution in [2.75, 3.05) is 276 Å². The number of nitrogens with zero attached hydrogens (tertiary/aromatic N) is 10. The van der Waals surface area contributed by atoms with Crippen LogP contribution in [0.25, 0.3) is 0 Å². The molecule has 0 aliphatic carbocycles. The number of rotatable bonds is 79. The maximum atomic E-state index is 12.4. The zero-order chi connectivity index (χ0) is 103. The van der Waals surface area contributed by atoms with E-state index in [9.17, 15) is 38.4 Å². The van der Waals surface area contributed by atoms with E-state index in [1.807, 2.05) is 27.7 Å². The van der Waals surface area contributed by atoms with Crippen molar-refractivity contribution < 1.29 is 114 Å². The second-order valence-corrected chi connectivity index (χ2v) is 40.9. The van der Waals surface area contributed by atoms with Gasteiger partial charge in [0.1, 0.15) is 52.9 Å². The smallest absolute Gasteiger partial charge is 0.407 e. The molecule has 28 unspecified atom stereocenters. The van der Waals surface area contributed by atoms with E-state index < -0.39 is 54.2 Å². The molecule has 8 rings (SSSR count). The molecule has 28 atom stereocenters. The van der Waals surface area contributed by atoms with Crippen molar-refractivity contribution >= 4 is 48.7 Å². The number of amides is 8. The molecule has 8 fully saturated rings. The van der Waals surface area contributed by atoms with Crippen LogP contribution in [0.5, 0.6) is 0 Å². The molecule has 0 aromatic rings. The molecule has 0 radical (unpaired) electrons. The summed E-state index contributed by atoms with van der Waals surface area (Å²) < 4.78 is 92.2. The highest BCUT2D eigenvalue weighted by Gasteiger charge is 2.40. The Bertz CT molecular complexity index is 3080. The monoisotopic (exact) mass is 2010 g/mol. The van der Waals surface area contributed by atoms with Gasteiger partial charge in [0.05, 0.1) is 109 Å². The largest absolute Gasteiger partial charge is 0.447 e. The van der Waals surface area contributed by atoms with Gasteiger partial charge < -0.3 is 118 Å². The molecule has 8 aliphatic rings. The van der Waals surface area contributed by atoms with Gasteiger partial charge in [-0.15, -0.1) is 0 Å². The maximum absolute atomic E-state index is 12.4. The van der Waals surface area contributed by atoms with Crippen LogP contribution in [0, 0.1) is 5.41 Å². The molecular formula is C99H188N18O24. The number of ether oxygens (including phenoxy) is 16. The van der Waals surface area contributed by atoms with Crippen molar-refractivity contribution in [3.8, 4) is 0 Å². The lowest BCUT2D eigenvalue weighted by Crippen LogP contribution is -2.43. The minimum Gasteiger partial charge on any atom is -0.447 e. The fourth-order valence-corrected chi connectivity index (χ4v) is 17.4. The highest BCUT2D eigenvalue weighted by atomic mass is 16.6. The lowest BCUT2D eigenvalue weighted by molar-refractivity contribution is -0.116. The molecule has 0 bridgehead atoms. The summed E-state index contributed by atoms with van der Waals surface area (Å²) in [5.41, 5.74) is -0.914. The van der Waals surface area contributed by atoms with Gasteiger partial charge in [0.15, 0.2) is 0 Å². The normalized spacial score (nSPS) is 26.0. The summed E-state index contributed by atoms with van der Waals surface area (Å²) >= 11 is 0. The molecule has 0 aromatic carbocycles. The van der Waals surface area contributed by atoms with Crippen molar-refractivity contribution in [1.82, 2.24) is 91.5 Å². The van der Waals surface area contributed by atoms with E-state index in [1.54, 1.807) is 0 Å². The average molecular weight is 2010 g/mol. The zero-order valence-electron chi connectivity index (χ0n) is 89.7. The van der Waals surface area contributed by atoms with Gasteiger partial charge in [0.25, 0.3) is 0 Å². The molecule has 42 heteroatoms. The second kappa shape index (κ2) is 66.6. The summed E-state index contributed by atoms with van der Waals surface area (Å²) in [6, 6.07) is 8.06. The highest BCUT2D eigenvalue weighted by Crippen LogP contribution is 2.29. The summed E-state index contributed by atoms with van der Waals surface area (Å²) in [4.78, 5) is 123. The molecule has 818 valence electrons. The topological polar surface area (TPSA) is 411 Å². The van der Waals surface area contributed by atoms with Crippen LogP contribution in [-0.4, -0.2) is 495 Å². The van der Waals surface area contributed by atoms with E-state index in [4.69, 9.17) is 75.8 Å². The van der Waals surface area contributed by atoms with E-state index >= 15 is 0 Å². The van der Waals surface area contributed by atoms with Crippen LogP contribution in [0.3, 0.4) is 0 Å². The van der Waals surface area contributed by atoms with E-state index in [-0.39, 0.29) is 130 Å². The molecule has 8 heterocycles. The molecule has 42 nitrogen and oxygen atoms in total. The van der Waals surface area contributed by atoms with Crippen molar-refractivity contribution in [1.29, 1.82) is 0 Å². The van der Waals surface area contributed by atoms with Gasteiger partial charge in [-0.2, -0.15) is 0 Å². The maximum Gasteiger partial charge on any atom is 0.407 e. The molecule has 0 saturated carbocycles. The summed E-state index contributed by atoms with van der Waals surface area (Å²) in [5.74, 6) is 0. The van der Waals surface area contributed by atoms with Gasteiger partial charge in [0.2, 0.25) is 0 Å². The Kier molecular flexibility index (Phi) is 57.3. The lowest BCUT2D eigenvalue weighted by atomic mass is 9.92. The molecule has 8 N–H and O–H groups in total. The molecule has 0 aromatic heterocycles. The first-order valence-electron chi connectivity index (χ1n) is 53.0. The van der Waals surface area contributed by atoms with Crippen molar-refractivity contribution in [2.24, 2.45) is 5.41 Å². The minimum atomic E-state index is -0.914. The first-order valence-corrected chi connectivity index (χ1v) is 53.0. The van der Waals surface area contributed by atoms with E-state index in [0.29, 0.717) is 215 Å². The van der Waals surface area contributed by atoms with Gasteiger partial charge >= 0.3 is 48.7 Å². The predicted octanol–water partition coefficient (Wildman–Crippen LogP) is 6.92. The van der Waals surface area contributed by atoms with Gasteiger partial charge in [-0.1, -0.05) is 0 Å². The Balaban J connectivity index is 0.000000388. The fraction of sp³-hybridized carbons (Fsp3) is 0.919. The molecule has 0 spiro atoms. The summed E-state index contributed by atoms with van der Waals surface area (Å²) in [7, 11) is 0. The van der Waals surface area contributed by atoms with Crippen LogP contribution >= 0.6 is 0 Å². The van der Waals surface area contributed by atoms with Crippen molar-refractivity contribution in [2.45, 2.75) is 311 Å². The van der Waals surface area contributed by atoms with Gasteiger partial charge in [-0.3, -0.25) is 49.0 Å². The Labute approximate surface area is 843 Å². The van der Waals surface area contributed by atoms with Crippen LogP contribution in [0.2, 0.25) is 0 Å². The number of carbonyl (C=O) groups excluding carboxylic acids is 8. The van der Waals surface area contributed by atoms with E-state index in [1.165, 1.54) is 0 Å². The van der Waals surface area contributed by atoms with Gasteiger partial charge in [0, 0.05) is 241 Å². The van der Waals surface area contributed by atoms with E-state index in [2.05, 4.69) is 202 Å². The van der Waals surface area contributed by atoms with Crippen LogP contribution < -0.4 is 42.5 Å². The lowest BCUT2D eigenvalue weighted by Gasteiger charge is -2.33. The third-order valence-electron chi connectivity index (χ3n) is 27.7. The second-order valence-electron chi connectivity index (χ2n) is 40.9. The predicted molar refractivity (Wildman–Crippen MR) is 537 cm³/mol. The number of alkyl carbamates (subject to hydrolysis) is 8. The number of hydrogen-bond donors (Lipinski definition) is 8. The number of hydrogen-bond acceptors (Lipinski definition) is 34. The Morgan fingerprint density at radius 2 is 0.383 bits per heavy atom. The first kappa shape index (κ1) is 121. The Morgan fingerprint density at radius 1 is 0.234 bits per heavy atom. The van der Waals surface area contributed by atoms with Crippen molar-refractivity contribution in [3.63, 3.8) is 0 Å². The zero-order valence-corrected chi connectivity index (χ0v) is 89.7. The van der Waals surface area contributed by atoms with Crippen LogP contribution in [0.4, 0.5) is 38.4 Å². The van der Waals surface area contributed by atoms with Crippen LogP contribution in [0.1, 0.15) is 190 Å². The summed E-state index contributed by atoms with van der Waals surface area (Å²) in [6.45, 7) is 61.8. The van der Waals surface area contributed by atoms with Crippen LogP contribution in [0.15, 0.2) is 0 Å². The van der Waals surface area contributed by atoms with E-state index in [0.717, 1.165) is 104 Å². The first-order chi connectivity index (χ1) is 67.5. The number of nitrogens with one attached hydrogen (secondary N) is 8.